The maximum atomic E-state index is 12.6. The highest BCUT2D eigenvalue weighted by atomic mass is 79.9. The number of hydrogen-bond donors (Lipinski definition) is 4. The van der Waals surface area contributed by atoms with Crippen molar-refractivity contribution in [2.75, 3.05) is 10.6 Å². The van der Waals surface area contributed by atoms with Crippen LogP contribution in [0, 0.1) is 0 Å². The quantitative estimate of drug-likeness (QED) is 0.132. The number of carbonyl (C=O) groups is 2. The van der Waals surface area contributed by atoms with Gasteiger partial charge in [0.05, 0.1) is 10.0 Å². The van der Waals surface area contributed by atoms with Crippen molar-refractivity contribution in [3.63, 3.8) is 0 Å². The SMILES string of the molecule is O=C(CCCCc1ccccc1)Nc1cc(Br)cc(C(=O)NNC(=S)Nc2ccc(Cl)c(Cl)c2)c1. The summed E-state index contributed by atoms with van der Waals surface area (Å²) in [6.07, 6.45) is 3.03. The second-order valence-corrected chi connectivity index (χ2v) is 9.77. The van der Waals surface area contributed by atoms with Gasteiger partial charge in [-0.1, -0.05) is 69.5 Å². The van der Waals surface area contributed by atoms with Gasteiger partial charge in [0.15, 0.2) is 5.11 Å². The molecule has 35 heavy (non-hydrogen) atoms. The minimum Gasteiger partial charge on any atom is -0.331 e. The Hall–Kier alpha value is -2.65. The Morgan fingerprint density at radius 3 is 2.34 bits per heavy atom. The number of hydrogen-bond acceptors (Lipinski definition) is 3. The molecule has 0 spiro atoms. The van der Waals surface area contributed by atoms with Crippen LogP contribution in [0.4, 0.5) is 11.4 Å². The average Bonchev–Trinajstić information content (AvgIpc) is 2.83. The van der Waals surface area contributed by atoms with E-state index in [2.05, 4.69) is 49.5 Å². The second kappa shape index (κ2) is 13.4. The third kappa shape index (κ3) is 9.14. The maximum Gasteiger partial charge on any atom is 0.269 e. The van der Waals surface area contributed by atoms with E-state index in [1.54, 1.807) is 36.4 Å². The third-order valence-corrected chi connectivity index (χ3v) is 6.27. The molecule has 182 valence electrons. The van der Waals surface area contributed by atoms with Crippen LogP contribution in [0.1, 0.15) is 35.2 Å². The summed E-state index contributed by atoms with van der Waals surface area (Å²) in [7, 11) is 0. The van der Waals surface area contributed by atoms with Gasteiger partial charge in [0.2, 0.25) is 5.91 Å². The first-order valence-electron chi connectivity index (χ1n) is 10.8. The van der Waals surface area contributed by atoms with Crippen molar-refractivity contribution in [3.8, 4) is 0 Å². The van der Waals surface area contributed by atoms with Gasteiger partial charge in [0, 0.05) is 27.8 Å². The summed E-state index contributed by atoms with van der Waals surface area (Å²) in [5, 5.41) is 6.72. The zero-order valence-electron chi connectivity index (χ0n) is 18.5. The van der Waals surface area contributed by atoms with Crippen molar-refractivity contribution >= 4 is 79.7 Å². The lowest BCUT2D eigenvalue weighted by molar-refractivity contribution is -0.116. The van der Waals surface area contributed by atoms with Crippen LogP contribution >= 0.6 is 51.3 Å². The molecular weight excluding hydrogens is 571 g/mol. The molecule has 0 saturated heterocycles. The van der Waals surface area contributed by atoms with Crippen molar-refractivity contribution in [1.29, 1.82) is 0 Å². The van der Waals surface area contributed by atoms with E-state index in [1.807, 2.05) is 18.2 Å². The highest BCUT2D eigenvalue weighted by Gasteiger charge is 2.11. The van der Waals surface area contributed by atoms with Gasteiger partial charge in [-0.25, -0.2) is 0 Å². The molecule has 6 nitrogen and oxygen atoms in total. The molecule has 0 heterocycles. The summed E-state index contributed by atoms with van der Waals surface area (Å²) >= 11 is 20.5. The molecule has 3 aromatic carbocycles. The molecular formula is C25H23BrCl2N4O2S. The molecule has 10 heteroatoms. The van der Waals surface area contributed by atoms with E-state index < -0.39 is 5.91 Å². The van der Waals surface area contributed by atoms with E-state index in [-0.39, 0.29) is 11.0 Å². The second-order valence-electron chi connectivity index (χ2n) is 7.63. The van der Waals surface area contributed by atoms with Gasteiger partial charge in [-0.15, -0.1) is 0 Å². The fourth-order valence-electron chi connectivity index (χ4n) is 3.20. The molecule has 0 aliphatic heterocycles. The van der Waals surface area contributed by atoms with Gasteiger partial charge >= 0.3 is 0 Å². The van der Waals surface area contributed by atoms with Gasteiger partial charge in [-0.2, -0.15) is 0 Å². The summed E-state index contributed by atoms with van der Waals surface area (Å²) in [6.45, 7) is 0. The van der Waals surface area contributed by atoms with Crippen LogP contribution in [0.15, 0.2) is 71.2 Å². The Morgan fingerprint density at radius 1 is 0.829 bits per heavy atom. The first-order valence-corrected chi connectivity index (χ1v) is 12.7. The summed E-state index contributed by atoms with van der Waals surface area (Å²) in [4.78, 5) is 25.0. The summed E-state index contributed by atoms with van der Waals surface area (Å²) in [6, 6.07) is 20.1. The molecule has 3 rings (SSSR count). The van der Waals surface area contributed by atoms with Crippen LogP contribution in [-0.4, -0.2) is 16.9 Å². The van der Waals surface area contributed by atoms with Gasteiger partial charge in [-0.05, 0) is 73.4 Å². The normalized spacial score (nSPS) is 10.4. The summed E-state index contributed by atoms with van der Waals surface area (Å²) < 4.78 is 0.654. The third-order valence-electron chi connectivity index (χ3n) is 4.87. The Labute approximate surface area is 227 Å². The Balaban J connectivity index is 1.47. The fraction of sp³-hybridized carbons (Fsp3) is 0.160. The zero-order valence-corrected chi connectivity index (χ0v) is 22.5. The highest BCUT2D eigenvalue weighted by molar-refractivity contribution is 9.10. The van der Waals surface area contributed by atoms with E-state index in [1.165, 1.54) is 5.56 Å². The monoisotopic (exact) mass is 592 g/mol. The number of thiocarbonyl (C=S) groups is 1. The molecule has 0 unspecified atom stereocenters. The molecule has 0 atom stereocenters. The topological polar surface area (TPSA) is 82.3 Å². The summed E-state index contributed by atoms with van der Waals surface area (Å²) in [5.41, 5.74) is 7.89. The number of nitrogens with one attached hydrogen (secondary N) is 4. The predicted molar refractivity (Wildman–Crippen MR) is 150 cm³/mol. The molecule has 2 amide bonds. The van der Waals surface area contributed by atoms with Crippen LogP contribution < -0.4 is 21.5 Å². The number of rotatable bonds is 8. The standard InChI is InChI=1S/C25H23BrCl2N4O2S/c26-18-12-17(24(34)31-32-25(35)30-19-10-11-21(27)22(28)15-19)13-20(14-18)29-23(33)9-5-4-8-16-6-2-1-3-7-16/h1-3,6-7,10-15H,4-5,8-9H2,(H,29,33)(H,31,34)(H2,30,32,35). The lowest BCUT2D eigenvalue weighted by Gasteiger charge is -2.13. The number of unbranched alkanes of at least 4 members (excludes halogenated alkanes) is 1. The number of anilines is 2. The van der Waals surface area contributed by atoms with Crippen molar-refractivity contribution in [1.82, 2.24) is 10.9 Å². The van der Waals surface area contributed by atoms with E-state index >= 15 is 0 Å². The molecule has 0 bridgehead atoms. The van der Waals surface area contributed by atoms with E-state index in [4.69, 9.17) is 35.4 Å². The van der Waals surface area contributed by atoms with E-state index in [0.29, 0.717) is 37.9 Å². The lowest BCUT2D eigenvalue weighted by Crippen LogP contribution is -2.43. The first kappa shape index (κ1) is 26.9. The molecule has 0 aromatic heterocycles. The number of carbonyl (C=O) groups excluding carboxylic acids is 2. The molecule has 0 aliphatic rings. The predicted octanol–water partition coefficient (Wildman–Crippen LogP) is 6.74. The number of amides is 2. The smallest absolute Gasteiger partial charge is 0.269 e. The molecule has 3 aromatic rings. The number of benzene rings is 3. The molecule has 0 radical (unpaired) electrons. The molecule has 0 saturated carbocycles. The van der Waals surface area contributed by atoms with Gasteiger partial charge in [0.1, 0.15) is 0 Å². The Bertz CT molecular complexity index is 1210. The number of hydrazine groups is 1. The van der Waals surface area contributed by atoms with Crippen LogP contribution in [0.3, 0.4) is 0 Å². The van der Waals surface area contributed by atoms with Crippen LogP contribution in [-0.2, 0) is 11.2 Å². The van der Waals surface area contributed by atoms with Crippen molar-refractivity contribution in [2.24, 2.45) is 0 Å². The molecule has 4 N–H and O–H groups in total. The Morgan fingerprint density at radius 2 is 1.60 bits per heavy atom. The summed E-state index contributed by atoms with van der Waals surface area (Å²) in [5.74, 6) is -0.532. The molecule has 0 fully saturated rings. The Kier molecular flexibility index (Phi) is 10.3. The minimum atomic E-state index is -0.428. The van der Waals surface area contributed by atoms with Crippen LogP contribution in [0.5, 0.6) is 0 Å². The average molecular weight is 594 g/mol. The number of aryl methyl sites for hydroxylation is 1. The first-order chi connectivity index (χ1) is 16.8. The fourth-order valence-corrected chi connectivity index (χ4v) is 4.16. The van der Waals surface area contributed by atoms with Crippen molar-refractivity contribution in [2.45, 2.75) is 25.7 Å². The van der Waals surface area contributed by atoms with Crippen molar-refractivity contribution < 1.29 is 9.59 Å². The van der Waals surface area contributed by atoms with Gasteiger partial charge in [0.25, 0.3) is 5.91 Å². The molecule has 0 aliphatic carbocycles. The van der Waals surface area contributed by atoms with E-state index in [9.17, 15) is 9.59 Å². The van der Waals surface area contributed by atoms with Gasteiger partial charge < -0.3 is 10.6 Å². The highest BCUT2D eigenvalue weighted by Crippen LogP contribution is 2.25. The van der Waals surface area contributed by atoms with E-state index in [0.717, 1.165) is 19.3 Å². The van der Waals surface area contributed by atoms with Crippen LogP contribution in [0.2, 0.25) is 10.0 Å². The lowest BCUT2D eigenvalue weighted by atomic mass is 10.1. The zero-order chi connectivity index (χ0) is 25.2. The largest absolute Gasteiger partial charge is 0.331 e. The van der Waals surface area contributed by atoms with Crippen molar-refractivity contribution in [3.05, 3.63) is 92.4 Å². The maximum absolute atomic E-state index is 12.6. The van der Waals surface area contributed by atoms with Gasteiger partial charge in [-0.3, -0.25) is 20.4 Å². The van der Waals surface area contributed by atoms with Crippen LogP contribution in [0.25, 0.3) is 0 Å². The minimum absolute atomic E-state index is 0.104. The number of halogens is 3.